The standard InChI is InChI=1S/C22H21N5O2/c1-2-26-21(28)19-20(25-18(24-19)14-16-6-4-3-5-7-16)27(22(26)29)13-12-15-8-10-17(23)11-9-15/h1,3-11H,2,12-14,23H2,(H,24,25). The van der Waals surface area contributed by atoms with Gasteiger partial charge in [-0.25, -0.2) is 9.78 Å². The quantitative estimate of drug-likeness (QED) is 0.495. The van der Waals surface area contributed by atoms with Crippen molar-refractivity contribution in [2.24, 2.45) is 0 Å². The molecule has 7 heteroatoms. The number of aryl methyl sites for hydroxylation is 2. The second kappa shape index (κ2) is 7.79. The number of rotatable bonds is 6. The number of anilines is 1. The zero-order valence-electron chi connectivity index (χ0n) is 15.8. The Bertz CT molecular complexity index is 1250. The van der Waals surface area contributed by atoms with Crippen LogP contribution in [0.3, 0.4) is 0 Å². The molecule has 0 aliphatic carbocycles. The number of fused-ring (bicyclic) bond motifs is 1. The van der Waals surface area contributed by atoms with Crippen molar-refractivity contribution in [1.82, 2.24) is 19.1 Å². The highest BCUT2D eigenvalue weighted by Crippen LogP contribution is 2.12. The van der Waals surface area contributed by atoms with Gasteiger partial charge >= 0.3 is 5.69 Å². The van der Waals surface area contributed by atoms with Gasteiger partial charge < -0.3 is 10.7 Å². The highest BCUT2D eigenvalue weighted by atomic mass is 16.2. The van der Waals surface area contributed by atoms with Crippen LogP contribution in [-0.4, -0.2) is 19.1 Å². The van der Waals surface area contributed by atoms with Crippen molar-refractivity contribution in [1.29, 1.82) is 0 Å². The average molecular weight is 387 g/mol. The van der Waals surface area contributed by atoms with E-state index < -0.39 is 11.2 Å². The van der Waals surface area contributed by atoms with Crippen LogP contribution in [0, 0.1) is 6.92 Å². The normalized spacial score (nSPS) is 11.2. The Balaban J connectivity index is 1.76. The second-order valence-corrected chi connectivity index (χ2v) is 6.89. The molecule has 0 atom stereocenters. The van der Waals surface area contributed by atoms with Crippen LogP contribution in [-0.2, 0) is 25.9 Å². The number of nitrogens with zero attached hydrogens (tertiary/aromatic N) is 3. The molecule has 3 N–H and O–H groups in total. The Hall–Kier alpha value is -3.61. The number of nitrogen functional groups attached to an aromatic ring is 1. The lowest BCUT2D eigenvalue weighted by molar-refractivity contribution is 0.601. The number of hydrogen-bond donors (Lipinski definition) is 2. The van der Waals surface area contributed by atoms with Crippen molar-refractivity contribution in [2.45, 2.75) is 25.9 Å². The molecular weight excluding hydrogens is 366 g/mol. The van der Waals surface area contributed by atoms with Gasteiger partial charge in [0.05, 0.1) is 0 Å². The van der Waals surface area contributed by atoms with E-state index in [1.54, 1.807) is 0 Å². The summed E-state index contributed by atoms with van der Waals surface area (Å²) in [6.07, 6.45) is 1.13. The van der Waals surface area contributed by atoms with E-state index in [1.807, 2.05) is 54.6 Å². The Kier molecular flexibility index (Phi) is 5.03. The Morgan fingerprint density at radius 3 is 2.38 bits per heavy atom. The number of imidazole rings is 1. The lowest BCUT2D eigenvalue weighted by Gasteiger charge is -2.10. The zero-order valence-corrected chi connectivity index (χ0v) is 15.8. The predicted molar refractivity (Wildman–Crippen MR) is 113 cm³/mol. The fourth-order valence-corrected chi connectivity index (χ4v) is 3.38. The summed E-state index contributed by atoms with van der Waals surface area (Å²) < 4.78 is 2.53. The number of nitrogens with one attached hydrogen (secondary N) is 1. The summed E-state index contributed by atoms with van der Waals surface area (Å²) in [5.41, 5.74) is 8.23. The van der Waals surface area contributed by atoms with Crippen molar-refractivity contribution in [3.63, 3.8) is 0 Å². The molecule has 2 aromatic heterocycles. The van der Waals surface area contributed by atoms with Gasteiger partial charge in [-0.15, -0.1) is 0 Å². The molecule has 0 saturated heterocycles. The summed E-state index contributed by atoms with van der Waals surface area (Å²) in [5.74, 6) is 0.624. The molecule has 0 unspecified atom stereocenters. The van der Waals surface area contributed by atoms with Crippen molar-refractivity contribution in [2.75, 3.05) is 5.73 Å². The molecule has 0 fully saturated rings. The SMILES string of the molecule is [CH]Cn1c(=O)c2[nH]c(Cc3ccccc3)nc2n(CCc2ccc(N)cc2)c1=O. The van der Waals surface area contributed by atoms with Gasteiger partial charge in [-0.1, -0.05) is 42.5 Å². The van der Waals surface area contributed by atoms with Gasteiger partial charge in [0.2, 0.25) is 0 Å². The number of H-pyrrole nitrogens is 1. The number of benzene rings is 2. The van der Waals surface area contributed by atoms with E-state index in [0.717, 1.165) is 15.7 Å². The third kappa shape index (κ3) is 3.71. The van der Waals surface area contributed by atoms with Gasteiger partial charge in [0.25, 0.3) is 5.56 Å². The first kappa shape index (κ1) is 18.7. The molecule has 0 amide bonds. The van der Waals surface area contributed by atoms with Crippen LogP contribution in [0.1, 0.15) is 17.0 Å². The summed E-state index contributed by atoms with van der Waals surface area (Å²) >= 11 is 0. The fourth-order valence-electron chi connectivity index (χ4n) is 3.38. The lowest BCUT2D eigenvalue weighted by Crippen LogP contribution is -2.40. The molecule has 0 aliphatic heterocycles. The maximum absolute atomic E-state index is 12.8. The topological polar surface area (TPSA) is 98.7 Å². The molecule has 2 heterocycles. The van der Waals surface area contributed by atoms with E-state index >= 15 is 0 Å². The first-order valence-electron chi connectivity index (χ1n) is 9.37. The van der Waals surface area contributed by atoms with Gasteiger partial charge in [0.15, 0.2) is 5.65 Å². The molecule has 2 radical (unpaired) electrons. The van der Waals surface area contributed by atoms with E-state index in [9.17, 15) is 9.59 Å². The molecule has 29 heavy (non-hydrogen) atoms. The number of aromatic amines is 1. The third-order valence-electron chi connectivity index (χ3n) is 4.91. The molecule has 2 aromatic carbocycles. The van der Waals surface area contributed by atoms with Gasteiger partial charge in [0.1, 0.15) is 11.3 Å². The molecule has 7 nitrogen and oxygen atoms in total. The van der Waals surface area contributed by atoms with Crippen LogP contribution < -0.4 is 17.0 Å². The molecular formula is C22H21N5O2. The zero-order chi connectivity index (χ0) is 20.4. The predicted octanol–water partition coefficient (Wildman–Crippen LogP) is 2.01. The van der Waals surface area contributed by atoms with Crippen molar-refractivity contribution < 1.29 is 0 Å². The van der Waals surface area contributed by atoms with E-state index in [2.05, 4.69) is 9.97 Å². The average Bonchev–Trinajstić information content (AvgIpc) is 3.14. The summed E-state index contributed by atoms with van der Waals surface area (Å²) in [6, 6.07) is 17.3. The summed E-state index contributed by atoms with van der Waals surface area (Å²) in [5, 5.41) is 0. The van der Waals surface area contributed by atoms with Crippen LogP contribution >= 0.6 is 0 Å². The molecule has 0 saturated carbocycles. The lowest BCUT2D eigenvalue weighted by atomic mass is 10.1. The molecule has 4 aromatic rings. The maximum Gasteiger partial charge on any atom is 0.332 e. The highest BCUT2D eigenvalue weighted by molar-refractivity contribution is 5.70. The molecule has 0 bridgehead atoms. The van der Waals surface area contributed by atoms with Gasteiger partial charge in [-0.2, -0.15) is 0 Å². The fraction of sp³-hybridized carbons (Fsp3) is 0.182. The number of hydrogen-bond acceptors (Lipinski definition) is 4. The molecule has 0 spiro atoms. The van der Waals surface area contributed by atoms with Crippen molar-refractivity contribution in [3.05, 3.63) is 99.3 Å². The minimum Gasteiger partial charge on any atom is -0.399 e. The maximum atomic E-state index is 12.8. The van der Waals surface area contributed by atoms with E-state index in [4.69, 9.17) is 12.7 Å². The first-order valence-corrected chi connectivity index (χ1v) is 9.37. The Morgan fingerprint density at radius 2 is 1.69 bits per heavy atom. The summed E-state index contributed by atoms with van der Waals surface area (Å²) in [7, 11) is 0. The van der Waals surface area contributed by atoms with Gasteiger partial charge in [0, 0.05) is 25.2 Å². The van der Waals surface area contributed by atoms with Crippen LogP contribution in [0.2, 0.25) is 0 Å². The van der Waals surface area contributed by atoms with E-state index in [-0.39, 0.29) is 6.54 Å². The molecule has 4 rings (SSSR count). The smallest absolute Gasteiger partial charge is 0.332 e. The third-order valence-corrected chi connectivity index (χ3v) is 4.91. The minimum absolute atomic E-state index is 0.192. The van der Waals surface area contributed by atoms with E-state index in [0.29, 0.717) is 42.1 Å². The van der Waals surface area contributed by atoms with Crippen LogP contribution in [0.15, 0.2) is 64.2 Å². The Labute approximate surface area is 167 Å². The summed E-state index contributed by atoms with van der Waals surface area (Å²) in [4.78, 5) is 33.2. The van der Waals surface area contributed by atoms with Crippen LogP contribution in [0.4, 0.5) is 5.69 Å². The van der Waals surface area contributed by atoms with Crippen LogP contribution in [0.25, 0.3) is 11.2 Å². The first-order chi connectivity index (χ1) is 14.1. The monoisotopic (exact) mass is 387 g/mol. The van der Waals surface area contributed by atoms with Gasteiger partial charge in [-0.3, -0.25) is 13.9 Å². The van der Waals surface area contributed by atoms with E-state index in [1.165, 1.54) is 4.57 Å². The largest absolute Gasteiger partial charge is 0.399 e. The van der Waals surface area contributed by atoms with Crippen molar-refractivity contribution in [3.8, 4) is 0 Å². The summed E-state index contributed by atoms with van der Waals surface area (Å²) in [6.45, 7) is 5.85. The molecule has 146 valence electrons. The number of aromatic nitrogens is 4. The van der Waals surface area contributed by atoms with Crippen LogP contribution in [0.5, 0.6) is 0 Å². The minimum atomic E-state index is -0.460. The highest BCUT2D eigenvalue weighted by Gasteiger charge is 2.17. The Morgan fingerprint density at radius 1 is 0.966 bits per heavy atom. The molecule has 0 aliphatic rings. The second-order valence-electron chi connectivity index (χ2n) is 6.89. The number of nitrogens with two attached hydrogens (primary N) is 1. The van der Waals surface area contributed by atoms with Gasteiger partial charge in [-0.05, 0) is 36.6 Å². The van der Waals surface area contributed by atoms with Crippen molar-refractivity contribution >= 4 is 16.9 Å².